The quantitative estimate of drug-likeness (QED) is 0.700. The number of alkyl halides is 3. The molecule has 0 heterocycles. The van der Waals surface area contributed by atoms with Gasteiger partial charge < -0.3 is 0 Å². The van der Waals surface area contributed by atoms with E-state index in [-0.39, 0.29) is 11.5 Å². The van der Waals surface area contributed by atoms with Gasteiger partial charge >= 0.3 is 5.92 Å². The summed E-state index contributed by atoms with van der Waals surface area (Å²) in [5.41, 5.74) is -3.10. The Morgan fingerprint density at radius 1 is 1.17 bits per heavy atom. The van der Waals surface area contributed by atoms with E-state index < -0.39 is 23.3 Å². The molecule has 0 amide bonds. The third-order valence-corrected chi connectivity index (χ3v) is 4.77. The summed E-state index contributed by atoms with van der Waals surface area (Å²) in [4.78, 5) is 11.1. The molecule has 18 heavy (non-hydrogen) atoms. The Labute approximate surface area is 105 Å². The molecule has 0 N–H and O–H groups in total. The molecule has 0 aliphatic heterocycles. The minimum absolute atomic E-state index is 0.0260. The van der Waals surface area contributed by atoms with Crippen molar-refractivity contribution in [3.05, 3.63) is 12.2 Å². The second-order valence-corrected chi connectivity index (χ2v) is 5.90. The van der Waals surface area contributed by atoms with Crippen LogP contribution in [0.1, 0.15) is 39.5 Å². The fourth-order valence-corrected chi connectivity index (χ4v) is 3.81. The van der Waals surface area contributed by atoms with Crippen LogP contribution in [-0.4, -0.2) is 17.4 Å². The molecule has 2 rings (SSSR count). The van der Waals surface area contributed by atoms with Gasteiger partial charge in [0.2, 0.25) is 11.5 Å². The molecular weight excluding hydrogens is 241 g/mol. The van der Waals surface area contributed by atoms with E-state index in [1.807, 2.05) is 0 Å². The van der Waals surface area contributed by atoms with Crippen molar-refractivity contribution >= 4 is 5.78 Å². The van der Waals surface area contributed by atoms with E-state index in [0.29, 0.717) is 12.3 Å². The molecule has 0 aromatic heterocycles. The molecule has 2 aliphatic carbocycles. The first-order chi connectivity index (χ1) is 8.21. The highest BCUT2D eigenvalue weighted by molar-refractivity contribution is 5.85. The summed E-state index contributed by atoms with van der Waals surface area (Å²) in [5.74, 6) is -5.81. The fraction of sp³-hybridized carbons (Fsp3) is 0.786. The van der Waals surface area contributed by atoms with Gasteiger partial charge in [-0.2, -0.15) is 8.78 Å². The van der Waals surface area contributed by atoms with Gasteiger partial charge in [0.1, 0.15) is 0 Å². The van der Waals surface area contributed by atoms with Crippen LogP contribution in [0.25, 0.3) is 0 Å². The Morgan fingerprint density at radius 2 is 1.78 bits per heavy atom. The fourth-order valence-electron chi connectivity index (χ4n) is 3.81. The minimum Gasteiger partial charge on any atom is -0.293 e. The molecule has 102 valence electrons. The predicted octanol–water partition coefficient (Wildman–Crippen LogP) is 3.93. The van der Waals surface area contributed by atoms with Gasteiger partial charge in [-0.05, 0) is 43.6 Å². The minimum atomic E-state index is -3.96. The zero-order valence-corrected chi connectivity index (χ0v) is 10.8. The number of fused-ring (bicyclic) bond motifs is 2. The first kappa shape index (κ1) is 13.6. The zero-order valence-electron chi connectivity index (χ0n) is 10.8. The van der Waals surface area contributed by atoms with Crippen LogP contribution in [0.3, 0.4) is 0 Å². The van der Waals surface area contributed by atoms with Crippen LogP contribution < -0.4 is 0 Å². The van der Waals surface area contributed by atoms with Gasteiger partial charge in [-0.25, -0.2) is 4.39 Å². The SMILES string of the molecule is C=C(C)C(F)(C1CC2CCC1C2)C(F)(F)C(C)=O. The lowest BCUT2D eigenvalue weighted by Gasteiger charge is -2.41. The lowest BCUT2D eigenvalue weighted by molar-refractivity contribution is -0.174. The molecule has 1 nitrogen and oxygen atoms in total. The Morgan fingerprint density at radius 3 is 2.11 bits per heavy atom. The van der Waals surface area contributed by atoms with Gasteiger partial charge in [-0.15, -0.1) is 0 Å². The highest BCUT2D eigenvalue weighted by Crippen LogP contribution is 2.58. The van der Waals surface area contributed by atoms with E-state index in [0.717, 1.165) is 26.2 Å². The average Bonchev–Trinajstić information content (AvgIpc) is 2.88. The Kier molecular flexibility index (Phi) is 3.11. The second kappa shape index (κ2) is 4.10. The van der Waals surface area contributed by atoms with Crippen LogP contribution in [0.15, 0.2) is 12.2 Å². The molecule has 0 spiro atoms. The average molecular weight is 260 g/mol. The van der Waals surface area contributed by atoms with Crippen molar-refractivity contribution in [1.29, 1.82) is 0 Å². The van der Waals surface area contributed by atoms with Gasteiger partial charge in [0.25, 0.3) is 0 Å². The number of allylic oxidation sites excluding steroid dienone is 1. The lowest BCUT2D eigenvalue weighted by atomic mass is 9.70. The number of carbonyl (C=O) groups excluding carboxylic acids is 1. The summed E-state index contributed by atoms with van der Waals surface area (Å²) in [6.45, 7) is 5.42. The standard InChI is InChI=1S/C14H19F3O/c1-8(2)13(15,14(16,17)9(3)18)12-7-10-4-5-11(12)6-10/h10-12H,1,4-7H2,2-3H3. The van der Waals surface area contributed by atoms with Crippen LogP contribution in [-0.2, 0) is 4.79 Å². The monoisotopic (exact) mass is 260 g/mol. The molecule has 0 saturated heterocycles. The number of rotatable bonds is 4. The van der Waals surface area contributed by atoms with E-state index in [1.165, 1.54) is 6.92 Å². The van der Waals surface area contributed by atoms with Crippen LogP contribution in [0.2, 0.25) is 0 Å². The number of hydrogen-bond acceptors (Lipinski definition) is 1. The first-order valence-electron chi connectivity index (χ1n) is 6.45. The van der Waals surface area contributed by atoms with Crippen molar-refractivity contribution in [2.45, 2.75) is 51.1 Å². The maximum atomic E-state index is 15.0. The summed E-state index contributed by atoms with van der Waals surface area (Å²) in [5, 5.41) is 0. The third kappa shape index (κ3) is 1.64. The van der Waals surface area contributed by atoms with Crippen LogP contribution in [0.4, 0.5) is 13.2 Å². The highest BCUT2D eigenvalue weighted by atomic mass is 19.3. The summed E-state index contributed by atoms with van der Waals surface area (Å²) >= 11 is 0. The molecule has 2 fully saturated rings. The van der Waals surface area contributed by atoms with Crippen molar-refractivity contribution < 1.29 is 18.0 Å². The molecule has 0 aromatic rings. The van der Waals surface area contributed by atoms with Crippen molar-refractivity contribution in [2.75, 3.05) is 0 Å². The molecular formula is C14H19F3O. The Balaban J connectivity index is 2.39. The summed E-state index contributed by atoms with van der Waals surface area (Å²) < 4.78 is 43.1. The topological polar surface area (TPSA) is 17.1 Å². The van der Waals surface area contributed by atoms with Crippen molar-refractivity contribution in [3.8, 4) is 0 Å². The number of halogens is 3. The molecule has 0 radical (unpaired) electrons. The maximum absolute atomic E-state index is 15.0. The van der Waals surface area contributed by atoms with Gasteiger partial charge in [0, 0.05) is 12.8 Å². The molecule has 0 aromatic carbocycles. The van der Waals surface area contributed by atoms with E-state index in [1.54, 1.807) is 0 Å². The number of ketones is 1. The number of hydrogen-bond donors (Lipinski definition) is 0. The van der Waals surface area contributed by atoms with Crippen LogP contribution in [0.5, 0.6) is 0 Å². The van der Waals surface area contributed by atoms with Crippen molar-refractivity contribution in [3.63, 3.8) is 0 Å². The van der Waals surface area contributed by atoms with Crippen LogP contribution in [0, 0.1) is 17.8 Å². The van der Waals surface area contributed by atoms with Crippen LogP contribution >= 0.6 is 0 Å². The maximum Gasteiger partial charge on any atom is 0.342 e. The predicted molar refractivity (Wildman–Crippen MR) is 63.2 cm³/mol. The zero-order chi connectivity index (χ0) is 13.7. The normalized spacial score (nSPS) is 34.4. The number of carbonyl (C=O) groups is 1. The van der Waals surface area contributed by atoms with Gasteiger partial charge in [0.15, 0.2) is 0 Å². The lowest BCUT2D eigenvalue weighted by Crippen LogP contribution is -2.56. The Hall–Kier alpha value is -0.800. The smallest absolute Gasteiger partial charge is 0.293 e. The van der Waals surface area contributed by atoms with E-state index in [2.05, 4.69) is 6.58 Å². The molecule has 2 aliphatic rings. The summed E-state index contributed by atoms with van der Waals surface area (Å²) in [6, 6.07) is 0. The largest absolute Gasteiger partial charge is 0.342 e. The van der Waals surface area contributed by atoms with Gasteiger partial charge in [0.05, 0.1) is 0 Å². The summed E-state index contributed by atoms with van der Waals surface area (Å²) in [7, 11) is 0. The Bertz CT molecular complexity index is 391. The van der Waals surface area contributed by atoms with E-state index >= 15 is 4.39 Å². The van der Waals surface area contributed by atoms with Crippen molar-refractivity contribution in [2.24, 2.45) is 17.8 Å². The molecule has 2 saturated carbocycles. The highest BCUT2D eigenvalue weighted by Gasteiger charge is 2.66. The first-order valence-corrected chi connectivity index (χ1v) is 6.45. The van der Waals surface area contributed by atoms with E-state index in [4.69, 9.17) is 0 Å². The summed E-state index contributed by atoms with van der Waals surface area (Å²) in [6.07, 6.45) is 3.07. The number of Topliss-reactive ketones (excluding diaryl/α,β-unsaturated/α-hetero) is 1. The van der Waals surface area contributed by atoms with Crippen molar-refractivity contribution in [1.82, 2.24) is 0 Å². The molecule has 4 atom stereocenters. The molecule has 4 unspecified atom stereocenters. The third-order valence-electron chi connectivity index (χ3n) is 4.77. The molecule has 4 heteroatoms. The van der Waals surface area contributed by atoms with E-state index in [9.17, 15) is 13.6 Å². The second-order valence-electron chi connectivity index (χ2n) is 5.90. The van der Waals surface area contributed by atoms with Gasteiger partial charge in [-0.1, -0.05) is 13.0 Å². The van der Waals surface area contributed by atoms with Gasteiger partial charge in [-0.3, -0.25) is 4.79 Å². The molecule has 2 bridgehead atoms.